The molecule has 0 unspecified atom stereocenters. The van der Waals surface area contributed by atoms with E-state index < -0.39 is 5.82 Å². The third kappa shape index (κ3) is 1.81. The molecule has 0 amide bonds. The van der Waals surface area contributed by atoms with Gasteiger partial charge in [0.2, 0.25) is 0 Å². The van der Waals surface area contributed by atoms with Crippen molar-refractivity contribution in [2.75, 3.05) is 5.73 Å². The van der Waals surface area contributed by atoms with E-state index in [0.717, 1.165) is 18.4 Å². The van der Waals surface area contributed by atoms with Crippen LogP contribution in [-0.4, -0.2) is 9.55 Å². The van der Waals surface area contributed by atoms with Crippen LogP contribution in [0.5, 0.6) is 0 Å². The molecule has 1 aliphatic rings. The van der Waals surface area contributed by atoms with Gasteiger partial charge in [0.15, 0.2) is 5.82 Å². The van der Waals surface area contributed by atoms with Crippen LogP contribution >= 0.6 is 0 Å². The molecule has 106 valence electrons. The number of anilines is 1. The molecule has 2 aromatic carbocycles. The largest absolute Gasteiger partial charge is 0.396 e. The van der Waals surface area contributed by atoms with Gasteiger partial charge >= 0.3 is 0 Å². The van der Waals surface area contributed by atoms with Crippen LogP contribution in [0.4, 0.5) is 14.5 Å². The number of hydrogen-bond donors (Lipinski definition) is 1. The van der Waals surface area contributed by atoms with Gasteiger partial charge in [-0.1, -0.05) is 12.1 Å². The molecule has 0 spiro atoms. The molecule has 1 aliphatic carbocycles. The minimum absolute atomic E-state index is 0.0510. The van der Waals surface area contributed by atoms with E-state index >= 15 is 0 Å². The molecule has 1 heterocycles. The maximum atomic E-state index is 14.0. The standard InChI is InChI=1S/C16H13F2N3/c17-11-4-1-3-10(14(11)19)16-20-15-12(18)5-2-6-13(15)21(16)9-7-8-9/h1-6,9H,7-8,19H2. The van der Waals surface area contributed by atoms with Crippen LogP contribution in [0.15, 0.2) is 36.4 Å². The summed E-state index contributed by atoms with van der Waals surface area (Å²) >= 11 is 0. The first-order chi connectivity index (χ1) is 10.2. The van der Waals surface area contributed by atoms with E-state index in [1.807, 2.05) is 10.6 Å². The number of aromatic nitrogens is 2. The molecule has 0 aliphatic heterocycles. The Morgan fingerprint density at radius 3 is 2.52 bits per heavy atom. The van der Waals surface area contributed by atoms with Crippen molar-refractivity contribution in [3.05, 3.63) is 48.0 Å². The van der Waals surface area contributed by atoms with E-state index in [1.165, 1.54) is 12.1 Å². The molecule has 4 rings (SSSR count). The van der Waals surface area contributed by atoms with E-state index in [1.54, 1.807) is 18.2 Å². The van der Waals surface area contributed by atoms with Gasteiger partial charge in [0.1, 0.15) is 17.2 Å². The minimum atomic E-state index is -0.484. The van der Waals surface area contributed by atoms with Gasteiger partial charge in [0.05, 0.1) is 11.2 Å². The lowest BCUT2D eigenvalue weighted by atomic mass is 10.1. The second-order valence-corrected chi connectivity index (χ2v) is 5.35. The summed E-state index contributed by atoms with van der Waals surface area (Å²) in [7, 11) is 0. The predicted molar refractivity (Wildman–Crippen MR) is 77.8 cm³/mol. The van der Waals surface area contributed by atoms with Crippen LogP contribution in [0.25, 0.3) is 22.4 Å². The van der Waals surface area contributed by atoms with Crippen molar-refractivity contribution in [3.63, 3.8) is 0 Å². The number of nitrogen functional groups attached to an aromatic ring is 1. The fraction of sp³-hybridized carbons (Fsp3) is 0.188. The summed E-state index contributed by atoms with van der Waals surface area (Å²) in [5.41, 5.74) is 7.45. The quantitative estimate of drug-likeness (QED) is 0.726. The number of hydrogen-bond acceptors (Lipinski definition) is 2. The van der Waals surface area contributed by atoms with Crippen LogP contribution in [0.2, 0.25) is 0 Å². The number of nitrogens with two attached hydrogens (primary N) is 1. The van der Waals surface area contributed by atoms with Gasteiger partial charge in [-0.15, -0.1) is 0 Å². The molecule has 0 saturated heterocycles. The van der Waals surface area contributed by atoms with E-state index in [4.69, 9.17) is 5.73 Å². The van der Waals surface area contributed by atoms with Crippen molar-refractivity contribution in [1.29, 1.82) is 0 Å². The zero-order valence-electron chi connectivity index (χ0n) is 11.2. The van der Waals surface area contributed by atoms with Crippen molar-refractivity contribution < 1.29 is 8.78 Å². The van der Waals surface area contributed by atoms with E-state index in [9.17, 15) is 8.78 Å². The summed E-state index contributed by atoms with van der Waals surface area (Å²) in [6.07, 6.45) is 2.04. The van der Waals surface area contributed by atoms with Gasteiger partial charge in [-0.2, -0.15) is 0 Å². The number of rotatable bonds is 2. The van der Waals surface area contributed by atoms with Crippen LogP contribution in [-0.2, 0) is 0 Å². The Bertz CT molecular complexity index is 850. The van der Waals surface area contributed by atoms with E-state index in [2.05, 4.69) is 4.98 Å². The Labute approximate surface area is 120 Å². The molecular weight excluding hydrogens is 272 g/mol. The third-order valence-electron chi connectivity index (χ3n) is 3.88. The fourth-order valence-corrected chi connectivity index (χ4v) is 2.71. The summed E-state index contributed by atoms with van der Waals surface area (Å²) in [5, 5.41) is 0. The molecule has 2 N–H and O–H groups in total. The molecule has 0 atom stereocenters. The molecule has 3 nitrogen and oxygen atoms in total. The number of imidazole rings is 1. The summed E-state index contributed by atoms with van der Waals surface area (Å²) < 4.78 is 29.7. The third-order valence-corrected chi connectivity index (χ3v) is 3.88. The number of nitrogens with zero attached hydrogens (tertiary/aromatic N) is 2. The fourth-order valence-electron chi connectivity index (χ4n) is 2.71. The summed E-state index contributed by atoms with van der Waals surface area (Å²) in [6, 6.07) is 9.79. The lowest BCUT2D eigenvalue weighted by Crippen LogP contribution is -2.01. The second-order valence-electron chi connectivity index (χ2n) is 5.35. The van der Waals surface area contributed by atoms with Crippen LogP contribution in [0.3, 0.4) is 0 Å². The average Bonchev–Trinajstić information content (AvgIpc) is 3.23. The monoisotopic (exact) mass is 285 g/mol. The van der Waals surface area contributed by atoms with Crippen molar-refractivity contribution in [2.45, 2.75) is 18.9 Å². The normalized spacial score (nSPS) is 14.8. The van der Waals surface area contributed by atoms with Crippen LogP contribution in [0, 0.1) is 11.6 Å². The molecule has 1 saturated carbocycles. The number of halogens is 2. The van der Waals surface area contributed by atoms with Gasteiger partial charge in [0, 0.05) is 11.6 Å². The highest BCUT2D eigenvalue weighted by Gasteiger charge is 2.30. The van der Waals surface area contributed by atoms with Gasteiger partial charge in [-0.05, 0) is 37.1 Å². The molecule has 5 heteroatoms. The summed E-state index contributed by atoms with van der Waals surface area (Å²) in [4.78, 5) is 4.39. The van der Waals surface area contributed by atoms with E-state index in [0.29, 0.717) is 16.9 Å². The predicted octanol–water partition coefficient (Wildman–Crippen LogP) is 3.90. The van der Waals surface area contributed by atoms with Crippen LogP contribution < -0.4 is 5.73 Å². The Morgan fingerprint density at radius 2 is 1.76 bits per heavy atom. The number of fused-ring (bicyclic) bond motifs is 1. The minimum Gasteiger partial charge on any atom is -0.396 e. The Morgan fingerprint density at radius 1 is 1.05 bits per heavy atom. The first-order valence-corrected chi connectivity index (χ1v) is 6.87. The molecule has 0 radical (unpaired) electrons. The Kier molecular flexibility index (Phi) is 2.51. The van der Waals surface area contributed by atoms with E-state index in [-0.39, 0.29) is 17.5 Å². The smallest absolute Gasteiger partial charge is 0.151 e. The second kappa shape index (κ2) is 4.28. The Hall–Kier alpha value is -2.43. The maximum absolute atomic E-state index is 14.0. The SMILES string of the molecule is Nc1c(F)cccc1-c1nc2c(F)cccc2n1C1CC1. The van der Waals surface area contributed by atoms with Crippen molar-refractivity contribution in [3.8, 4) is 11.4 Å². The number of benzene rings is 2. The number of para-hydroxylation sites is 2. The highest BCUT2D eigenvalue weighted by atomic mass is 19.1. The van der Waals surface area contributed by atoms with Gasteiger partial charge in [-0.25, -0.2) is 13.8 Å². The molecule has 3 aromatic rings. The highest BCUT2D eigenvalue weighted by Crippen LogP contribution is 2.42. The zero-order valence-corrected chi connectivity index (χ0v) is 11.2. The van der Waals surface area contributed by atoms with Crippen LogP contribution in [0.1, 0.15) is 18.9 Å². The first kappa shape index (κ1) is 12.3. The summed E-state index contributed by atoms with van der Waals surface area (Å²) in [6.45, 7) is 0. The topological polar surface area (TPSA) is 43.8 Å². The summed E-state index contributed by atoms with van der Waals surface area (Å²) in [5.74, 6) is -0.319. The Balaban J connectivity index is 2.06. The van der Waals surface area contributed by atoms with Gasteiger partial charge < -0.3 is 10.3 Å². The van der Waals surface area contributed by atoms with Crippen molar-refractivity contribution >= 4 is 16.7 Å². The maximum Gasteiger partial charge on any atom is 0.151 e. The van der Waals surface area contributed by atoms with Crippen molar-refractivity contribution in [2.24, 2.45) is 0 Å². The molecule has 21 heavy (non-hydrogen) atoms. The molecular formula is C16H13F2N3. The average molecular weight is 285 g/mol. The van der Waals surface area contributed by atoms with Crippen molar-refractivity contribution in [1.82, 2.24) is 9.55 Å². The van der Waals surface area contributed by atoms with Gasteiger partial charge in [-0.3, -0.25) is 0 Å². The lowest BCUT2D eigenvalue weighted by molar-refractivity contribution is 0.632. The highest BCUT2D eigenvalue weighted by molar-refractivity contribution is 5.84. The molecule has 0 bridgehead atoms. The zero-order chi connectivity index (χ0) is 14.6. The lowest BCUT2D eigenvalue weighted by Gasteiger charge is -2.10. The molecule has 1 fully saturated rings. The van der Waals surface area contributed by atoms with Gasteiger partial charge in [0.25, 0.3) is 0 Å². The molecule has 1 aromatic heterocycles. The first-order valence-electron chi connectivity index (χ1n) is 6.87.